The molecule has 200 valence electrons. The molecule has 3 aromatic carbocycles. The molecule has 7 nitrogen and oxygen atoms in total. The van der Waals surface area contributed by atoms with Gasteiger partial charge in [0.25, 0.3) is 0 Å². The van der Waals surface area contributed by atoms with Crippen LogP contribution in [0.2, 0.25) is 0 Å². The standard InChI is InChI=1S/C32H36N6O/c1-3-26-21-27(31(33)39)15-16-29(26)37-18-19-38(28(22-37)20-25-12-8-5-9-13-25)32-35-23(2)34-30(36-32)17-14-24-10-6-4-7-11-24/h4-13,15-16,21,28H,3,14,17-20,22H2,1-2H3,(H2,33,39). The van der Waals surface area contributed by atoms with Crippen LogP contribution in [0.5, 0.6) is 0 Å². The summed E-state index contributed by atoms with van der Waals surface area (Å²) in [7, 11) is 0. The maximum atomic E-state index is 11.8. The number of hydrogen-bond donors (Lipinski definition) is 1. The van der Waals surface area contributed by atoms with Crippen molar-refractivity contribution in [2.24, 2.45) is 5.73 Å². The highest BCUT2D eigenvalue weighted by molar-refractivity contribution is 5.93. The van der Waals surface area contributed by atoms with E-state index in [1.165, 1.54) is 11.1 Å². The number of aromatic nitrogens is 3. The van der Waals surface area contributed by atoms with Crippen LogP contribution in [0.1, 0.15) is 45.6 Å². The Morgan fingerprint density at radius 1 is 0.897 bits per heavy atom. The zero-order chi connectivity index (χ0) is 27.2. The van der Waals surface area contributed by atoms with Crippen LogP contribution in [0.25, 0.3) is 0 Å². The molecule has 1 fully saturated rings. The van der Waals surface area contributed by atoms with Crippen LogP contribution in [-0.2, 0) is 25.7 Å². The topological polar surface area (TPSA) is 88.2 Å². The van der Waals surface area contributed by atoms with Gasteiger partial charge in [-0.15, -0.1) is 0 Å². The van der Waals surface area contributed by atoms with Gasteiger partial charge in [0.05, 0.1) is 6.04 Å². The second-order valence-electron chi connectivity index (χ2n) is 10.1. The Kier molecular flexibility index (Phi) is 8.16. The number of primary amides is 1. The molecule has 1 aliphatic rings. The van der Waals surface area contributed by atoms with E-state index in [0.29, 0.717) is 5.56 Å². The van der Waals surface area contributed by atoms with E-state index in [4.69, 9.17) is 15.7 Å². The number of carbonyl (C=O) groups is 1. The quantitative estimate of drug-likeness (QED) is 0.348. The number of hydrogen-bond acceptors (Lipinski definition) is 6. The zero-order valence-electron chi connectivity index (χ0n) is 22.8. The minimum absolute atomic E-state index is 0.172. The Labute approximate surface area is 230 Å². The molecule has 0 bridgehead atoms. The van der Waals surface area contributed by atoms with Gasteiger partial charge in [-0.2, -0.15) is 9.97 Å². The van der Waals surface area contributed by atoms with Crippen LogP contribution in [0.15, 0.2) is 78.9 Å². The van der Waals surface area contributed by atoms with Gasteiger partial charge in [0.15, 0.2) is 0 Å². The van der Waals surface area contributed by atoms with Crippen LogP contribution in [0.3, 0.4) is 0 Å². The number of benzene rings is 3. The first-order valence-corrected chi connectivity index (χ1v) is 13.7. The second-order valence-corrected chi connectivity index (χ2v) is 10.1. The normalized spacial score (nSPS) is 15.4. The molecule has 1 aliphatic heterocycles. The lowest BCUT2D eigenvalue weighted by molar-refractivity contribution is 0.1000. The SMILES string of the molecule is CCc1cc(C(N)=O)ccc1N1CCN(c2nc(C)nc(CCc3ccccc3)n2)C(Cc2ccccc2)C1. The van der Waals surface area contributed by atoms with Gasteiger partial charge in [-0.3, -0.25) is 4.79 Å². The maximum absolute atomic E-state index is 11.8. The average molecular weight is 521 g/mol. The van der Waals surface area contributed by atoms with Crippen molar-refractivity contribution >= 4 is 17.5 Å². The first kappa shape index (κ1) is 26.4. The molecular formula is C32H36N6O. The number of nitrogens with zero attached hydrogens (tertiary/aromatic N) is 5. The van der Waals surface area contributed by atoms with Gasteiger partial charge in [0.2, 0.25) is 11.9 Å². The lowest BCUT2D eigenvalue weighted by atomic mass is 9.99. The van der Waals surface area contributed by atoms with Crippen molar-refractivity contribution in [2.75, 3.05) is 29.4 Å². The molecule has 4 aromatic rings. The Morgan fingerprint density at radius 3 is 2.31 bits per heavy atom. The van der Waals surface area contributed by atoms with E-state index in [1.807, 2.05) is 31.2 Å². The van der Waals surface area contributed by atoms with Crippen LogP contribution in [0, 0.1) is 6.92 Å². The lowest BCUT2D eigenvalue weighted by Gasteiger charge is -2.43. The smallest absolute Gasteiger partial charge is 0.248 e. The van der Waals surface area contributed by atoms with Crippen LogP contribution in [0.4, 0.5) is 11.6 Å². The number of carbonyl (C=O) groups excluding carboxylic acids is 1. The number of aryl methyl sites for hydroxylation is 4. The Hall–Kier alpha value is -4.26. The van der Waals surface area contributed by atoms with Crippen molar-refractivity contribution in [2.45, 2.75) is 45.6 Å². The highest BCUT2D eigenvalue weighted by Gasteiger charge is 2.30. The van der Waals surface area contributed by atoms with Crippen LogP contribution >= 0.6 is 0 Å². The van der Waals surface area contributed by atoms with Gasteiger partial charge in [0, 0.05) is 37.3 Å². The summed E-state index contributed by atoms with van der Waals surface area (Å²) in [6.07, 6.45) is 3.38. The fraction of sp³-hybridized carbons (Fsp3) is 0.312. The van der Waals surface area contributed by atoms with Gasteiger partial charge in [-0.1, -0.05) is 67.6 Å². The maximum Gasteiger partial charge on any atom is 0.248 e. The third-order valence-electron chi connectivity index (χ3n) is 7.40. The second kappa shape index (κ2) is 12.1. The number of anilines is 2. The molecule has 0 aliphatic carbocycles. The molecule has 1 atom stereocenters. The summed E-state index contributed by atoms with van der Waals surface area (Å²) >= 11 is 0. The molecule has 0 spiro atoms. The third-order valence-corrected chi connectivity index (χ3v) is 7.40. The van der Waals surface area contributed by atoms with Gasteiger partial charge in [0.1, 0.15) is 11.6 Å². The first-order valence-electron chi connectivity index (χ1n) is 13.7. The Balaban J connectivity index is 1.42. The zero-order valence-corrected chi connectivity index (χ0v) is 22.8. The fourth-order valence-corrected chi connectivity index (χ4v) is 5.39. The summed E-state index contributed by atoms with van der Waals surface area (Å²) < 4.78 is 0. The molecule has 1 saturated heterocycles. The average Bonchev–Trinajstić information content (AvgIpc) is 2.96. The van der Waals surface area contributed by atoms with Crippen molar-refractivity contribution in [3.8, 4) is 0 Å². The summed E-state index contributed by atoms with van der Waals surface area (Å²) in [5, 5.41) is 0. The van der Waals surface area contributed by atoms with Gasteiger partial charge in [-0.05, 0) is 61.1 Å². The van der Waals surface area contributed by atoms with Crippen molar-refractivity contribution in [3.05, 3.63) is 113 Å². The molecular weight excluding hydrogens is 484 g/mol. The van der Waals surface area contributed by atoms with E-state index in [-0.39, 0.29) is 6.04 Å². The summed E-state index contributed by atoms with van der Waals surface area (Å²) in [4.78, 5) is 31.0. The summed E-state index contributed by atoms with van der Waals surface area (Å²) in [5.74, 6) is 1.94. The lowest BCUT2D eigenvalue weighted by Crippen LogP contribution is -2.55. The molecule has 1 unspecified atom stereocenters. The molecule has 0 saturated carbocycles. The molecule has 39 heavy (non-hydrogen) atoms. The van der Waals surface area contributed by atoms with Crippen LogP contribution in [-0.4, -0.2) is 46.5 Å². The number of piperazine rings is 1. The van der Waals surface area contributed by atoms with Gasteiger partial charge < -0.3 is 15.5 Å². The third kappa shape index (κ3) is 6.42. The fourth-order valence-electron chi connectivity index (χ4n) is 5.39. The minimum atomic E-state index is -0.392. The summed E-state index contributed by atoms with van der Waals surface area (Å²) in [6, 6.07) is 27.0. The number of amides is 1. The molecule has 1 aromatic heterocycles. The number of rotatable bonds is 9. The minimum Gasteiger partial charge on any atom is -0.367 e. The van der Waals surface area contributed by atoms with Crippen molar-refractivity contribution in [1.29, 1.82) is 0 Å². The molecule has 5 rings (SSSR count). The molecule has 7 heteroatoms. The highest BCUT2D eigenvalue weighted by atomic mass is 16.1. The van der Waals surface area contributed by atoms with E-state index in [9.17, 15) is 4.79 Å². The van der Waals surface area contributed by atoms with E-state index in [2.05, 4.69) is 76.3 Å². The van der Waals surface area contributed by atoms with E-state index >= 15 is 0 Å². The number of nitrogens with two attached hydrogens (primary N) is 1. The van der Waals surface area contributed by atoms with E-state index in [0.717, 1.165) is 74.2 Å². The summed E-state index contributed by atoms with van der Waals surface area (Å²) in [6.45, 7) is 6.51. The van der Waals surface area contributed by atoms with Crippen molar-refractivity contribution in [1.82, 2.24) is 15.0 Å². The van der Waals surface area contributed by atoms with Gasteiger partial charge in [-0.25, -0.2) is 4.98 Å². The van der Waals surface area contributed by atoms with Gasteiger partial charge >= 0.3 is 0 Å². The molecule has 2 N–H and O–H groups in total. The van der Waals surface area contributed by atoms with Crippen LogP contribution < -0.4 is 15.5 Å². The first-order chi connectivity index (χ1) is 19.0. The molecule has 0 radical (unpaired) electrons. The predicted molar refractivity (Wildman–Crippen MR) is 156 cm³/mol. The Morgan fingerprint density at radius 2 is 1.62 bits per heavy atom. The molecule has 2 heterocycles. The highest BCUT2D eigenvalue weighted by Crippen LogP contribution is 2.28. The predicted octanol–water partition coefficient (Wildman–Crippen LogP) is 4.56. The van der Waals surface area contributed by atoms with E-state index < -0.39 is 5.91 Å². The molecule has 1 amide bonds. The Bertz CT molecular complexity index is 1410. The van der Waals surface area contributed by atoms with Crippen molar-refractivity contribution in [3.63, 3.8) is 0 Å². The monoisotopic (exact) mass is 520 g/mol. The largest absolute Gasteiger partial charge is 0.367 e. The summed E-state index contributed by atoms with van der Waals surface area (Å²) in [5.41, 5.74) is 11.0. The van der Waals surface area contributed by atoms with Crippen molar-refractivity contribution < 1.29 is 4.79 Å². The van der Waals surface area contributed by atoms with E-state index in [1.54, 1.807) is 0 Å².